The van der Waals surface area contributed by atoms with Crippen molar-refractivity contribution >= 4 is 43.5 Å². The SMILES string of the molecule is c1cc(-c2nc(-c3ccccc3-c3ccc4ccccc4c3)nc(-c3cccc4c3oc3ccccc34)n2)cc(-c2cccc3ccccc23)c1. The first kappa shape index (κ1) is 29.0. The van der Waals surface area contributed by atoms with Gasteiger partial charge >= 0.3 is 0 Å². The molecule has 2 aromatic heterocycles. The number of furan rings is 1. The summed E-state index contributed by atoms with van der Waals surface area (Å²) in [4.78, 5) is 15.6. The second-order valence-electron chi connectivity index (χ2n) is 12.8. The molecule has 0 aliphatic rings. The van der Waals surface area contributed by atoms with Gasteiger partial charge in [0.2, 0.25) is 0 Å². The van der Waals surface area contributed by atoms with Gasteiger partial charge in [0.15, 0.2) is 17.5 Å². The standard InChI is InChI=1S/C47H29N3O/c1-2-14-32-28-34(27-26-30(32)12-1)38-19-5-6-21-41(38)46-48-45(35-17-9-16-33(29-35)37-22-10-15-31-13-3-4-18-36(31)37)49-47(50-46)42-24-11-23-40-39-20-7-8-25-43(39)51-44(40)42/h1-29H. The smallest absolute Gasteiger partial charge is 0.167 e. The normalized spacial score (nSPS) is 11.5. The third-order valence-electron chi connectivity index (χ3n) is 9.73. The van der Waals surface area contributed by atoms with Crippen LogP contribution in [0.3, 0.4) is 0 Å². The van der Waals surface area contributed by atoms with E-state index >= 15 is 0 Å². The van der Waals surface area contributed by atoms with Gasteiger partial charge in [-0.2, -0.15) is 0 Å². The minimum atomic E-state index is 0.559. The molecule has 238 valence electrons. The molecule has 0 aliphatic heterocycles. The number of hydrogen-bond donors (Lipinski definition) is 0. The van der Waals surface area contributed by atoms with E-state index < -0.39 is 0 Å². The number of nitrogens with zero attached hydrogens (tertiary/aromatic N) is 3. The molecule has 0 radical (unpaired) electrons. The van der Waals surface area contributed by atoms with Gasteiger partial charge in [-0.15, -0.1) is 0 Å². The van der Waals surface area contributed by atoms with Gasteiger partial charge in [-0.3, -0.25) is 0 Å². The molecule has 10 aromatic rings. The quantitative estimate of drug-likeness (QED) is 0.186. The fraction of sp³-hybridized carbons (Fsp3) is 0. The average molecular weight is 652 g/mol. The van der Waals surface area contributed by atoms with Gasteiger partial charge in [-0.25, -0.2) is 15.0 Å². The van der Waals surface area contributed by atoms with Crippen LogP contribution in [0.5, 0.6) is 0 Å². The van der Waals surface area contributed by atoms with Crippen molar-refractivity contribution in [2.75, 3.05) is 0 Å². The molecule has 0 saturated carbocycles. The molecule has 0 atom stereocenters. The Morgan fingerprint density at radius 2 is 0.882 bits per heavy atom. The van der Waals surface area contributed by atoms with Crippen LogP contribution in [0, 0.1) is 0 Å². The summed E-state index contributed by atoms with van der Waals surface area (Å²) >= 11 is 0. The van der Waals surface area contributed by atoms with Crippen LogP contribution >= 0.6 is 0 Å². The number of benzene rings is 8. The third-order valence-corrected chi connectivity index (χ3v) is 9.73. The molecule has 0 saturated heterocycles. The Labute approximate surface area is 294 Å². The maximum atomic E-state index is 6.48. The maximum Gasteiger partial charge on any atom is 0.167 e. The molecule has 0 spiro atoms. The molecule has 0 N–H and O–H groups in total. The topological polar surface area (TPSA) is 51.8 Å². The van der Waals surface area contributed by atoms with Gasteiger partial charge in [0.25, 0.3) is 0 Å². The Bertz CT molecular complexity index is 2940. The number of para-hydroxylation sites is 2. The summed E-state index contributed by atoms with van der Waals surface area (Å²) in [6, 6.07) is 61.1. The highest BCUT2D eigenvalue weighted by atomic mass is 16.3. The number of fused-ring (bicyclic) bond motifs is 5. The lowest BCUT2D eigenvalue weighted by Gasteiger charge is -2.13. The minimum Gasteiger partial charge on any atom is -0.455 e. The first-order chi connectivity index (χ1) is 25.3. The van der Waals surface area contributed by atoms with Crippen LogP contribution in [-0.4, -0.2) is 15.0 Å². The van der Waals surface area contributed by atoms with Gasteiger partial charge < -0.3 is 4.42 Å². The molecule has 0 amide bonds. The van der Waals surface area contributed by atoms with E-state index in [0.717, 1.165) is 60.9 Å². The fourth-order valence-corrected chi connectivity index (χ4v) is 7.26. The second-order valence-corrected chi connectivity index (χ2v) is 12.8. The van der Waals surface area contributed by atoms with Crippen molar-refractivity contribution < 1.29 is 4.42 Å². The molecule has 4 nitrogen and oxygen atoms in total. The molecule has 4 heteroatoms. The van der Waals surface area contributed by atoms with Crippen LogP contribution in [0.25, 0.3) is 99.9 Å². The monoisotopic (exact) mass is 651 g/mol. The van der Waals surface area contributed by atoms with E-state index in [2.05, 4.69) is 140 Å². The van der Waals surface area contributed by atoms with Gasteiger partial charge in [0.05, 0.1) is 5.56 Å². The van der Waals surface area contributed by atoms with E-state index in [-0.39, 0.29) is 0 Å². The summed E-state index contributed by atoms with van der Waals surface area (Å²) in [7, 11) is 0. The second kappa shape index (κ2) is 11.9. The average Bonchev–Trinajstić information content (AvgIpc) is 3.59. The van der Waals surface area contributed by atoms with E-state index in [9.17, 15) is 0 Å². The number of hydrogen-bond acceptors (Lipinski definition) is 4. The van der Waals surface area contributed by atoms with Crippen molar-refractivity contribution in [3.63, 3.8) is 0 Å². The van der Waals surface area contributed by atoms with Crippen molar-refractivity contribution in [2.24, 2.45) is 0 Å². The molecule has 51 heavy (non-hydrogen) atoms. The summed E-state index contributed by atoms with van der Waals surface area (Å²) in [5, 5.41) is 6.89. The Morgan fingerprint density at radius 3 is 1.78 bits per heavy atom. The van der Waals surface area contributed by atoms with Crippen molar-refractivity contribution in [3.05, 3.63) is 176 Å². The van der Waals surface area contributed by atoms with Crippen molar-refractivity contribution in [1.29, 1.82) is 0 Å². The first-order valence-corrected chi connectivity index (χ1v) is 17.1. The van der Waals surface area contributed by atoms with E-state index in [0.29, 0.717) is 17.5 Å². The van der Waals surface area contributed by atoms with Crippen LogP contribution in [-0.2, 0) is 0 Å². The van der Waals surface area contributed by atoms with Crippen LogP contribution < -0.4 is 0 Å². The highest BCUT2D eigenvalue weighted by Crippen LogP contribution is 2.38. The zero-order valence-electron chi connectivity index (χ0n) is 27.5. The molecular weight excluding hydrogens is 623 g/mol. The zero-order chi connectivity index (χ0) is 33.7. The Hall–Kier alpha value is -6.91. The van der Waals surface area contributed by atoms with Gasteiger partial charge in [0.1, 0.15) is 11.2 Å². The lowest BCUT2D eigenvalue weighted by atomic mass is 9.96. The molecular formula is C47H29N3O. The van der Waals surface area contributed by atoms with E-state index in [4.69, 9.17) is 19.4 Å². The van der Waals surface area contributed by atoms with Crippen molar-refractivity contribution in [3.8, 4) is 56.4 Å². The third kappa shape index (κ3) is 5.04. The fourth-order valence-electron chi connectivity index (χ4n) is 7.26. The summed E-state index contributed by atoms with van der Waals surface area (Å²) in [6.07, 6.45) is 0. The predicted octanol–water partition coefficient (Wildman–Crippen LogP) is 12.4. The van der Waals surface area contributed by atoms with Crippen LogP contribution in [0.4, 0.5) is 0 Å². The summed E-state index contributed by atoms with van der Waals surface area (Å²) < 4.78 is 6.48. The molecule has 2 heterocycles. The Kier molecular flexibility index (Phi) is 6.78. The highest BCUT2D eigenvalue weighted by Gasteiger charge is 2.19. The molecule has 0 unspecified atom stereocenters. The molecule has 0 bridgehead atoms. The maximum absolute atomic E-state index is 6.48. The minimum absolute atomic E-state index is 0.559. The van der Waals surface area contributed by atoms with Crippen molar-refractivity contribution in [2.45, 2.75) is 0 Å². The predicted molar refractivity (Wildman–Crippen MR) is 209 cm³/mol. The van der Waals surface area contributed by atoms with Gasteiger partial charge in [-0.1, -0.05) is 152 Å². The largest absolute Gasteiger partial charge is 0.455 e. The highest BCUT2D eigenvalue weighted by molar-refractivity contribution is 6.09. The lowest BCUT2D eigenvalue weighted by Crippen LogP contribution is -2.01. The number of rotatable bonds is 5. The summed E-state index contributed by atoms with van der Waals surface area (Å²) in [5.41, 5.74) is 8.67. The molecule has 8 aromatic carbocycles. The van der Waals surface area contributed by atoms with E-state index in [1.165, 1.54) is 21.5 Å². The molecule has 0 aliphatic carbocycles. The Morgan fingerprint density at radius 1 is 0.314 bits per heavy atom. The summed E-state index contributed by atoms with van der Waals surface area (Å²) in [5.74, 6) is 1.75. The van der Waals surface area contributed by atoms with E-state index in [1.807, 2.05) is 36.4 Å². The number of aromatic nitrogens is 3. The van der Waals surface area contributed by atoms with Gasteiger partial charge in [0, 0.05) is 21.9 Å². The first-order valence-electron chi connectivity index (χ1n) is 17.1. The van der Waals surface area contributed by atoms with Crippen LogP contribution in [0.15, 0.2) is 180 Å². The van der Waals surface area contributed by atoms with Gasteiger partial charge in [-0.05, 0) is 68.1 Å². The van der Waals surface area contributed by atoms with Crippen molar-refractivity contribution in [1.82, 2.24) is 15.0 Å². The van der Waals surface area contributed by atoms with E-state index in [1.54, 1.807) is 0 Å². The van der Waals surface area contributed by atoms with Crippen LogP contribution in [0.2, 0.25) is 0 Å². The Balaban J connectivity index is 1.20. The zero-order valence-corrected chi connectivity index (χ0v) is 27.5. The lowest BCUT2D eigenvalue weighted by molar-refractivity contribution is 0.669. The summed E-state index contributed by atoms with van der Waals surface area (Å²) in [6.45, 7) is 0. The van der Waals surface area contributed by atoms with Crippen LogP contribution in [0.1, 0.15) is 0 Å². The molecule has 10 rings (SSSR count). The molecule has 0 fully saturated rings.